The second kappa shape index (κ2) is 6.44. The molecule has 2 rings (SSSR count). The number of phenolic OH excluding ortho intramolecular Hbond substituents is 2. The molecular formula is C17H21NO2. The number of nitrogens with one attached hydrogen (secondary N) is 1. The van der Waals surface area contributed by atoms with Crippen LogP contribution in [0.5, 0.6) is 11.5 Å². The minimum absolute atomic E-state index is 0.0618. The summed E-state index contributed by atoms with van der Waals surface area (Å²) in [5.41, 5.74) is 2.17. The smallest absolute Gasteiger partial charge is 0.119 e. The first-order valence-electron chi connectivity index (χ1n) is 6.87. The first kappa shape index (κ1) is 14.4. The zero-order valence-corrected chi connectivity index (χ0v) is 11.9. The molecule has 0 aliphatic carbocycles. The summed E-state index contributed by atoms with van der Waals surface area (Å²) < 4.78 is 0. The molecule has 2 aromatic carbocycles. The zero-order chi connectivity index (χ0) is 14.5. The molecule has 2 aromatic rings. The van der Waals surface area contributed by atoms with Crippen LogP contribution >= 0.6 is 0 Å². The first-order chi connectivity index (χ1) is 9.54. The van der Waals surface area contributed by atoms with Crippen molar-refractivity contribution in [1.82, 2.24) is 5.32 Å². The van der Waals surface area contributed by atoms with E-state index in [1.54, 1.807) is 12.1 Å². The van der Waals surface area contributed by atoms with Crippen LogP contribution in [0.4, 0.5) is 0 Å². The molecule has 0 aromatic heterocycles. The van der Waals surface area contributed by atoms with Gasteiger partial charge in [-0.25, -0.2) is 0 Å². The molecular weight excluding hydrogens is 250 g/mol. The van der Waals surface area contributed by atoms with Crippen LogP contribution in [0.1, 0.15) is 31.0 Å². The van der Waals surface area contributed by atoms with Gasteiger partial charge in [0, 0.05) is 18.2 Å². The Morgan fingerprint density at radius 2 is 1.55 bits per heavy atom. The van der Waals surface area contributed by atoms with Gasteiger partial charge in [0.1, 0.15) is 11.5 Å². The van der Waals surface area contributed by atoms with E-state index in [9.17, 15) is 10.2 Å². The maximum absolute atomic E-state index is 9.52. The van der Waals surface area contributed by atoms with E-state index in [2.05, 4.69) is 24.4 Å². The predicted molar refractivity (Wildman–Crippen MR) is 80.9 cm³/mol. The van der Waals surface area contributed by atoms with Crippen molar-refractivity contribution in [2.75, 3.05) is 0 Å². The predicted octanol–water partition coefficient (Wildman–Crippen LogP) is 3.38. The molecule has 0 aliphatic rings. The van der Waals surface area contributed by atoms with Gasteiger partial charge in [-0.2, -0.15) is 0 Å². The van der Waals surface area contributed by atoms with Crippen molar-refractivity contribution in [3.05, 3.63) is 59.7 Å². The van der Waals surface area contributed by atoms with Crippen LogP contribution in [0.2, 0.25) is 0 Å². The molecule has 0 fully saturated rings. The van der Waals surface area contributed by atoms with Crippen molar-refractivity contribution in [3.63, 3.8) is 0 Å². The quantitative estimate of drug-likeness (QED) is 0.781. The van der Waals surface area contributed by atoms with Gasteiger partial charge in [0.05, 0.1) is 0 Å². The van der Waals surface area contributed by atoms with E-state index in [4.69, 9.17) is 0 Å². The Morgan fingerprint density at radius 3 is 2.15 bits per heavy atom. The summed E-state index contributed by atoms with van der Waals surface area (Å²) in [5.74, 6) is 0.175. The molecule has 0 spiro atoms. The second-order valence-electron chi connectivity index (χ2n) is 5.26. The van der Waals surface area contributed by atoms with Gasteiger partial charge in [-0.15, -0.1) is 0 Å². The Morgan fingerprint density at radius 1 is 0.950 bits per heavy atom. The SMILES string of the molecule is CC(Cc1ccccc1)NC(C)c1cc(O)cc(O)c1. The van der Waals surface area contributed by atoms with E-state index in [1.165, 1.54) is 11.6 Å². The van der Waals surface area contributed by atoms with Crippen molar-refractivity contribution in [2.45, 2.75) is 32.4 Å². The van der Waals surface area contributed by atoms with Crippen molar-refractivity contribution >= 4 is 0 Å². The highest BCUT2D eigenvalue weighted by Gasteiger charge is 2.11. The summed E-state index contributed by atoms with van der Waals surface area (Å²) in [7, 11) is 0. The van der Waals surface area contributed by atoms with Crippen LogP contribution in [-0.2, 0) is 6.42 Å². The van der Waals surface area contributed by atoms with Crippen molar-refractivity contribution < 1.29 is 10.2 Å². The lowest BCUT2D eigenvalue weighted by Gasteiger charge is -2.21. The van der Waals surface area contributed by atoms with Crippen molar-refractivity contribution in [2.24, 2.45) is 0 Å². The van der Waals surface area contributed by atoms with Gasteiger partial charge in [0.15, 0.2) is 0 Å². The van der Waals surface area contributed by atoms with Crippen LogP contribution < -0.4 is 5.32 Å². The minimum Gasteiger partial charge on any atom is -0.508 e. The van der Waals surface area contributed by atoms with E-state index in [0.717, 1.165) is 12.0 Å². The second-order valence-corrected chi connectivity index (χ2v) is 5.26. The maximum Gasteiger partial charge on any atom is 0.119 e. The van der Waals surface area contributed by atoms with Gasteiger partial charge in [-0.3, -0.25) is 0 Å². The number of hydrogen-bond acceptors (Lipinski definition) is 3. The minimum atomic E-state index is 0.0618. The molecule has 0 heterocycles. The molecule has 0 radical (unpaired) electrons. The van der Waals surface area contributed by atoms with Crippen molar-refractivity contribution in [1.29, 1.82) is 0 Å². The lowest BCUT2D eigenvalue weighted by atomic mass is 10.0. The average molecular weight is 271 g/mol. The molecule has 106 valence electrons. The van der Waals surface area contributed by atoms with Crippen molar-refractivity contribution in [3.8, 4) is 11.5 Å². The van der Waals surface area contributed by atoms with Gasteiger partial charge < -0.3 is 15.5 Å². The highest BCUT2D eigenvalue weighted by molar-refractivity contribution is 5.38. The van der Waals surface area contributed by atoms with Crippen LogP contribution in [0, 0.1) is 0 Å². The fourth-order valence-electron chi connectivity index (χ4n) is 2.42. The Bertz CT molecular complexity index is 534. The van der Waals surface area contributed by atoms with E-state index in [1.807, 2.05) is 25.1 Å². The number of benzene rings is 2. The van der Waals surface area contributed by atoms with E-state index in [0.29, 0.717) is 6.04 Å². The fraction of sp³-hybridized carbons (Fsp3) is 0.294. The Labute approximate surface area is 119 Å². The van der Waals surface area contributed by atoms with E-state index < -0.39 is 0 Å². The highest BCUT2D eigenvalue weighted by atomic mass is 16.3. The third-order valence-electron chi connectivity index (χ3n) is 3.34. The van der Waals surface area contributed by atoms with Crippen LogP contribution in [0.15, 0.2) is 48.5 Å². The molecule has 3 heteroatoms. The molecule has 3 N–H and O–H groups in total. The lowest BCUT2D eigenvalue weighted by Crippen LogP contribution is -2.30. The molecule has 20 heavy (non-hydrogen) atoms. The topological polar surface area (TPSA) is 52.5 Å². The molecule has 0 saturated heterocycles. The summed E-state index contributed by atoms with van der Waals surface area (Å²) in [5, 5.41) is 22.5. The molecule has 0 saturated carbocycles. The maximum atomic E-state index is 9.52. The zero-order valence-electron chi connectivity index (χ0n) is 11.9. The third-order valence-corrected chi connectivity index (χ3v) is 3.34. The Balaban J connectivity index is 1.98. The summed E-state index contributed by atoms with van der Waals surface area (Å²) >= 11 is 0. The van der Waals surface area contributed by atoms with Gasteiger partial charge in [-0.05, 0) is 43.5 Å². The summed E-state index contributed by atoms with van der Waals surface area (Å²) in [4.78, 5) is 0. The standard InChI is InChI=1S/C17H21NO2/c1-12(8-14-6-4-3-5-7-14)18-13(2)15-9-16(19)11-17(20)10-15/h3-7,9-13,18-20H,8H2,1-2H3. The van der Waals surface area contributed by atoms with Crippen LogP contribution in [-0.4, -0.2) is 16.3 Å². The van der Waals surface area contributed by atoms with Gasteiger partial charge in [0.2, 0.25) is 0 Å². The molecule has 2 unspecified atom stereocenters. The number of hydrogen-bond donors (Lipinski definition) is 3. The monoisotopic (exact) mass is 271 g/mol. The highest BCUT2D eigenvalue weighted by Crippen LogP contribution is 2.25. The fourth-order valence-corrected chi connectivity index (χ4v) is 2.42. The Hall–Kier alpha value is -2.00. The number of rotatable bonds is 5. The average Bonchev–Trinajstić information content (AvgIpc) is 2.38. The van der Waals surface area contributed by atoms with Gasteiger partial charge in [-0.1, -0.05) is 30.3 Å². The van der Waals surface area contributed by atoms with Gasteiger partial charge >= 0.3 is 0 Å². The normalized spacial score (nSPS) is 13.9. The molecule has 0 aliphatic heterocycles. The van der Waals surface area contributed by atoms with Gasteiger partial charge in [0.25, 0.3) is 0 Å². The molecule has 3 nitrogen and oxygen atoms in total. The summed E-state index contributed by atoms with van der Waals surface area (Å²) in [6.07, 6.45) is 0.940. The largest absolute Gasteiger partial charge is 0.508 e. The first-order valence-corrected chi connectivity index (χ1v) is 6.87. The summed E-state index contributed by atoms with van der Waals surface area (Å²) in [6, 6.07) is 15.4. The molecule has 2 atom stereocenters. The molecule has 0 amide bonds. The van der Waals surface area contributed by atoms with E-state index in [-0.39, 0.29) is 17.5 Å². The van der Waals surface area contributed by atoms with Crippen LogP contribution in [0.25, 0.3) is 0 Å². The Kier molecular flexibility index (Phi) is 4.64. The third kappa shape index (κ3) is 4.00. The molecule has 0 bridgehead atoms. The lowest BCUT2D eigenvalue weighted by molar-refractivity contribution is 0.440. The van der Waals surface area contributed by atoms with Crippen LogP contribution in [0.3, 0.4) is 0 Å². The summed E-state index contributed by atoms with van der Waals surface area (Å²) in [6.45, 7) is 4.15. The number of aromatic hydroxyl groups is 2. The number of phenols is 2. The van der Waals surface area contributed by atoms with E-state index >= 15 is 0 Å².